The number of carbonyl (C=O) groups excluding carboxylic acids is 3. The Morgan fingerprint density at radius 3 is 0.826 bits per heavy atom. The number of ether oxygens (including phenoxy) is 3. The first-order chi connectivity index (χ1) is 34.0. The molecule has 0 heterocycles. The fourth-order valence-electron chi connectivity index (χ4n) is 9.00. The van der Waals surface area contributed by atoms with Crippen molar-refractivity contribution in [2.45, 2.75) is 335 Å². The van der Waals surface area contributed by atoms with Crippen LogP contribution in [-0.2, 0) is 28.6 Å². The van der Waals surface area contributed by atoms with Crippen LogP contribution >= 0.6 is 0 Å². The number of hydrogen-bond acceptors (Lipinski definition) is 6. The van der Waals surface area contributed by atoms with Gasteiger partial charge in [-0.05, 0) is 77.0 Å². The van der Waals surface area contributed by atoms with Crippen LogP contribution in [-0.4, -0.2) is 37.2 Å². The van der Waals surface area contributed by atoms with Crippen molar-refractivity contribution in [3.05, 3.63) is 36.5 Å². The van der Waals surface area contributed by atoms with Crippen molar-refractivity contribution in [1.82, 2.24) is 0 Å². The van der Waals surface area contributed by atoms with E-state index in [2.05, 4.69) is 57.2 Å². The molecule has 0 saturated carbocycles. The molecular weight excluding hydrogens is 853 g/mol. The molecule has 0 spiro atoms. The zero-order valence-electron chi connectivity index (χ0n) is 46.3. The Bertz CT molecular complexity index is 1160. The number of carbonyl (C=O) groups is 3. The molecule has 6 heteroatoms. The van der Waals surface area contributed by atoms with Gasteiger partial charge in [-0.1, -0.05) is 269 Å². The van der Waals surface area contributed by atoms with Gasteiger partial charge in [0, 0.05) is 19.3 Å². The Kier molecular flexibility index (Phi) is 56.2. The normalized spacial score (nSPS) is 12.2. The van der Waals surface area contributed by atoms with Gasteiger partial charge in [0.2, 0.25) is 0 Å². The summed E-state index contributed by atoms with van der Waals surface area (Å²) in [4.78, 5) is 38.2. The molecule has 0 aromatic heterocycles. The zero-order valence-corrected chi connectivity index (χ0v) is 46.3. The van der Waals surface area contributed by atoms with Crippen LogP contribution in [0.4, 0.5) is 0 Å². The maximum absolute atomic E-state index is 12.9. The van der Waals surface area contributed by atoms with Gasteiger partial charge in [0.1, 0.15) is 13.2 Å². The van der Waals surface area contributed by atoms with Crippen LogP contribution in [0.5, 0.6) is 0 Å². The third kappa shape index (κ3) is 56.4. The Morgan fingerprint density at radius 2 is 0.522 bits per heavy atom. The number of esters is 3. The highest BCUT2D eigenvalue weighted by molar-refractivity contribution is 5.71. The number of unbranched alkanes of at least 4 members (excludes halogenated alkanes) is 39. The van der Waals surface area contributed by atoms with E-state index in [0.717, 1.165) is 70.6 Å². The quantitative estimate of drug-likeness (QED) is 0.0261. The maximum Gasteiger partial charge on any atom is 0.306 e. The monoisotopic (exact) mass is 969 g/mol. The first-order valence-electron chi connectivity index (χ1n) is 30.5. The summed E-state index contributed by atoms with van der Waals surface area (Å²) in [7, 11) is 0. The lowest BCUT2D eigenvalue weighted by atomic mass is 10.0. The van der Waals surface area contributed by atoms with Crippen molar-refractivity contribution >= 4 is 17.9 Å². The molecule has 6 nitrogen and oxygen atoms in total. The van der Waals surface area contributed by atoms with E-state index in [0.29, 0.717) is 19.3 Å². The van der Waals surface area contributed by atoms with Crippen molar-refractivity contribution < 1.29 is 28.6 Å². The van der Waals surface area contributed by atoms with Gasteiger partial charge >= 0.3 is 17.9 Å². The molecular formula is C63H116O6. The van der Waals surface area contributed by atoms with Crippen LogP contribution in [0.1, 0.15) is 329 Å². The topological polar surface area (TPSA) is 78.9 Å². The van der Waals surface area contributed by atoms with Crippen LogP contribution in [0.3, 0.4) is 0 Å². The lowest BCUT2D eigenvalue weighted by Crippen LogP contribution is -2.30. The summed E-state index contributed by atoms with van der Waals surface area (Å²) in [5, 5.41) is 0. The molecule has 404 valence electrons. The van der Waals surface area contributed by atoms with Crippen LogP contribution in [0, 0.1) is 0 Å². The van der Waals surface area contributed by atoms with Crippen molar-refractivity contribution in [3.63, 3.8) is 0 Å². The third-order valence-corrected chi connectivity index (χ3v) is 13.6. The minimum Gasteiger partial charge on any atom is -0.462 e. The molecule has 0 bridgehead atoms. The van der Waals surface area contributed by atoms with Gasteiger partial charge in [-0.15, -0.1) is 0 Å². The van der Waals surface area contributed by atoms with Gasteiger partial charge in [-0.2, -0.15) is 0 Å². The summed E-state index contributed by atoms with van der Waals surface area (Å²) in [5.74, 6) is -0.863. The molecule has 0 aromatic rings. The minimum atomic E-state index is -0.773. The van der Waals surface area contributed by atoms with Gasteiger partial charge in [0.25, 0.3) is 0 Å². The van der Waals surface area contributed by atoms with Gasteiger partial charge in [0.05, 0.1) is 0 Å². The molecule has 1 unspecified atom stereocenters. The summed E-state index contributed by atoms with van der Waals surface area (Å²) in [6, 6.07) is 0. The predicted octanol–water partition coefficient (Wildman–Crippen LogP) is 20.4. The molecule has 0 aliphatic rings. The molecule has 69 heavy (non-hydrogen) atoms. The van der Waals surface area contributed by atoms with Crippen molar-refractivity contribution in [2.24, 2.45) is 0 Å². The van der Waals surface area contributed by atoms with Crippen molar-refractivity contribution in [3.8, 4) is 0 Å². The van der Waals surface area contributed by atoms with E-state index in [1.807, 2.05) is 0 Å². The van der Waals surface area contributed by atoms with E-state index >= 15 is 0 Å². The van der Waals surface area contributed by atoms with Crippen LogP contribution in [0.15, 0.2) is 36.5 Å². The molecule has 0 fully saturated rings. The van der Waals surface area contributed by atoms with E-state index in [4.69, 9.17) is 14.2 Å². The average Bonchev–Trinajstić information content (AvgIpc) is 3.35. The molecule has 0 aliphatic heterocycles. The van der Waals surface area contributed by atoms with Crippen LogP contribution in [0.25, 0.3) is 0 Å². The summed E-state index contributed by atoms with van der Waals surface area (Å²) in [5.41, 5.74) is 0. The molecule has 1 atom stereocenters. The molecule has 0 rings (SSSR count). The lowest BCUT2D eigenvalue weighted by molar-refractivity contribution is -0.167. The first-order valence-corrected chi connectivity index (χ1v) is 30.5. The van der Waals surface area contributed by atoms with Crippen LogP contribution < -0.4 is 0 Å². The predicted molar refractivity (Wildman–Crippen MR) is 298 cm³/mol. The van der Waals surface area contributed by atoms with E-state index in [1.165, 1.54) is 218 Å². The van der Waals surface area contributed by atoms with Gasteiger partial charge in [-0.25, -0.2) is 0 Å². The Hall–Kier alpha value is -2.37. The summed E-state index contributed by atoms with van der Waals surface area (Å²) in [6.45, 7) is 6.65. The molecule has 0 radical (unpaired) electrons. The Morgan fingerprint density at radius 1 is 0.290 bits per heavy atom. The summed E-state index contributed by atoms with van der Waals surface area (Å²) < 4.78 is 16.9. The Balaban J connectivity index is 4.27. The number of rotatable bonds is 56. The highest BCUT2D eigenvalue weighted by Crippen LogP contribution is 2.17. The standard InChI is InChI=1S/C63H116O6/c1-4-7-10-13-16-19-22-25-27-28-29-30-31-32-33-34-36-38-41-44-47-50-53-56-62(65)68-59-60(58-67-61(64)55-52-49-46-43-40-37-24-21-18-15-12-9-6-3)69-63(66)57-54-51-48-45-42-39-35-26-23-20-17-14-11-8-5-2/h21-22,24-25,28-29,60H,4-20,23,26-27,30-59H2,1-3H3/b24-21-,25-22-,29-28-. The second-order valence-corrected chi connectivity index (χ2v) is 20.6. The number of hydrogen-bond donors (Lipinski definition) is 0. The summed E-state index contributed by atoms with van der Waals surface area (Å²) in [6.07, 6.45) is 70.0. The SMILES string of the molecule is CCCCCC/C=C\CCCCCCCC(=O)OCC(COC(=O)CCCCCCCCCCCCC/C=C\C/C=C\CCCCCCC)OC(=O)CCCCCCCCCCCCCCCCC. The third-order valence-electron chi connectivity index (χ3n) is 13.6. The fraction of sp³-hybridized carbons (Fsp3) is 0.857. The second kappa shape index (κ2) is 58.2. The molecule has 0 N–H and O–H groups in total. The average molecular weight is 970 g/mol. The molecule has 0 saturated heterocycles. The van der Waals surface area contributed by atoms with E-state index in [1.54, 1.807) is 0 Å². The maximum atomic E-state index is 12.9. The molecule has 0 aromatic carbocycles. The van der Waals surface area contributed by atoms with Crippen molar-refractivity contribution in [1.29, 1.82) is 0 Å². The summed E-state index contributed by atoms with van der Waals surface area (Å²) >= 11 is 0. The smallest absolute Gasteiger partial charge is 0.306 e. The lowest BCUT2D eigenvalue weighted by Gasteiger charge is -2.18. The second-order valence-electron chi connectivity index (χ2n) is 20.6. The van der Waals surface area contributed by atoms with Gasteiger partial charge < -0.3 is 14.2 Å². The van der Waals surface area contributed by atoms with Crippen molar-refractivity contribution in [2.75, 3.05) is 13.2 Å². The molecule has 0 amide bonds. The highest BCUT2D eigenvalue weighted by Gasteiger charge is 2.19. The first kappa shape index (κ1) is 66.6. The van der Waals surface area contributed by atoms with E-state index in [9.17, 15) is 14.4 Å². The van der Waals surface area contributed by atoms with E-state index in [-0.39, 0.29) is 31.1 Å². The van der Waals surface area contributed by atoms with Gasteiger partial charge in [-0.3, -0.25) is 14.4 Å². The number of allylic oxidation sites excluding steroid dienone is 6. The van der Waals surface area contributed by atoms with E-state index < -0.39 is 6.10 Å². The highest BCUT2D eigenvalue weighted by atomic mass is 16.6. The molecule has 0 aliphatic carbocycles. The van der Waals surface area contributed by atoms with Gasteiger partial charge in [0.15, 0.2) is 6.10 Å². The zero-order chi connectivity index (χ0) is 50.0. The minimum absolute atomic E-state index is 0.0719. The van der Waals surface area contributed by atoms with Crippen LogP contribution in [0.2, 0.25) is 0 Å². The largest absolute Gasteiger partial charge is 0.462 e. The fourth-order valence-corrected chi connectivity index (χ4v) is 9.00. The Labute approximate surface area is 429 Å².